The molecule has 1 aromatic rings. The van der Waals surface area contributed by atoms with Gasteiger partial charge in [0.1, 0.15) is 12.2 Å². The van der Waals surface area contributed by atoms with Gasteiger partial charge in [0.05, 0.1) is 6.54 Å². The summed E-state index contributed by atoms with van der Waals surface area (Å²) in [6.07, 6.45) is 8.66. The molecule has 1 aliphatic carbocycles. The lowest BCUT2D eigenvalue weighted by molar-refractivity contribution is 0.267. The van der Waals surface area contributed by atoms with Crippen LogP contribution in [0, 0.1) is 11.8 Å². The lowest BCUT2D eigenvalue weighted by atomic mass is 9.81. The molecule has 0 aliphatic heterocycles. The van der Waals surface area contributed by atoms with E-state index < -0.39 is 0 Å². The fraction of sp³-hybridized carbons (Fsp3) is 0.867. The fourth-order valence-corrected chi connectivity index (χ4v) is 3.16. The zero-order chi connectivity index (χ0) is 13.7. The molecule has 0 radical (unpaired) electrons. The Balaban J connectivity index is 1.67. The van der Waals surface area contributed by atoms with Crippen LogP contribution >= 0.6 is 0 Å². The van der Waals surface area contributed by atoms with Crippen LogP contribution in [0.5, 0.6) is 0 Å². The number of nitrogens with zero attached hydrogens (tertiary/aromatic N) is 3. The second-order valence-corrected chi connectivity index (χ2v) is 6.32. The van der Waals surface area contributed by atoms with E-state index in [9.17, 15) is 0 Å². The van der Waals surface area contributed by atoms with Crippen LogP contribution in [0.3, 0.4) is 0 Å². The Morgan fingerprint density at radius 3 is 3.00 bits per heavy atom. The topological polar surface area (TPSA) is 42.7 Å². The first kappa shape index (κ1) is 14.5. The van der Waals surface area contributed by atoms with Crippen LogP contribution in [0.2, 0.25) is 0 Å². The first-order valence-electron chi connectivity index (χ1n) is 7.76. The van der Waals surface area contributed by atoms with Crippen molar-refractivity contribution in [1.29, 1.82) is 0 Å². The van der Waals surface area contributed by atoms with Gasteiger partial charge in [-0.05, 0) is 45.1 Å². The highest BCUT2D eigenvalue weighted by molar-refractivity contribution is 4.85. The molecule has 1 N–H and O–H groups in total. The molecular weight excluding hydrogens is 236 g/mol. The van der Waals surface area contributed by atoms with Gasteiger partial charge in [0.15, 0.2) is 0 Å². The average molecular weight is 264 g/mol. The van der Waals surface area contributed by atoms with Crippen LogP contribution in [0.15, 0.2) is 6.33 Å². The van der Waals surface area contributed by atoms with Crippen LogP contribution in [-0.2, 0) is 6.54 Å². The summed E-state index contributed by atoms with van der Waals surface area (Å²) < 4.78 is 2.00. The molecule has 2 atom stereocenters. The van der Waals surface area contributed by atoms with Gasteiger partial charge >= 0.3 is 0 Å². The maximum absolute atomic E-state index is 4.32. The van der Waals surface area contributed by atoms with E-state index in [0.29, 0.717) is 6.04 Å². The van der Waals surface area contributed by atoms with Crippen molar-refractivity contribution >= 4 is 0 Å². The van der Waals surface area contributed by atoms with Crippen LogP contribution < -0.4 is 5.32 Å². The number of rotatable bonds is 6. The minimum Gasteiger partial charge on any atom is -0.310 e. The highest BCUT2D eigenvalue weighted by atomic mass is 15.3. The molecule has 2 unspecified atom stereocenters. The summed E-state index contributed by atoms with van der Waals surface area (Å²) in [5.74, 6) is 2.91. The molecule has 4 nitrogen and oxygen atoms in total. The zero-order valence-corrected chi connectivity index (χ0v) is 12.6. The van der Waals surface area contributed by atoms with Gasteiger partial charge in [0.25, 0.3) is 0 Å². The Bertz CT molecular complexity index is 372. The molecule has 2 rings (SSSR count). The van der Waals surface area contributed by atoms with Gasteiger partial charge in [0.2, 0.25) is 0 Å². The predicted octanol–water partition coefficient (Wildman–Crippen LogP) is 3.17. The number of hydrogen-bond acceptors (Lipinski definition) is 3. The molecular formula is C15H28N4. The highest BCUT2D eigenvalue weighted by Gasteiger charge is 2.18. The molecule has 19 heavy (non-hydrogen) atoms. The van der Waals surface area contributed by atoms with Crippen LogP contribution in [0.25, 0.3) is 0 Å². The predicted molar refractivity (Wildman–Crippen MR) is 77.9 cm³/mol. The fourth-order valence-electron chi connectivity index (χ4n) is 3.16. The molecule has 1 heterocycles. The Kier molecular flexibility index (Phi) is 5.37. The summed E-state index contributed by atoms with van der Waals surface area (Å²) in [7, 11) is 0. The minimum absolute atomic E-state index is 0.387. The van der Waals surface area contributed by atoms with E-state index in [-0.39, 0.29) is 0 Å². The summed E-state index contributed by atoms with van der Waals surface area (Å²) >= 11 is 0. The van der Waals surface area contributed by atoms with Gasteiger partial charge in [-0.25, -0.2) is 9.67 Å². The first-order valence-corrected chi connectivity index (χ1v) is 7.76. The number of nitrogens with one attached hydrogen (secondary N) is 1. The van der Waals surface area contributed by atoms with Crippen molar-refractivity contribution in [2.75, 3.05) is 6.54 Å². The van der Waals surface area contributed by atoms with Gasteiger partial charge in [-0.3, -0.25) is 0 Å². The normalized spacial score (nSPS) is 24.0. The lowest BCUT2D eigenvalue weighted by Gasteiger charge is -2.26. The summed E-state index contributed by atoms with van der Waals surface area (Å²) in [6.45, 7) is 8.61. The summed E-state index contributed by atoms with van der Waals surface area (Å²) in [4.78, 5) is 4.32. The average Bonchev–Trinajstić information content (AvgIpc) is 2.83. The zero-order valence-electron chi connectivity index (χ0n) is 12.6. The van der Waals surface area contributed by atoms with E-state index in [0.717, 1.165) is 30.7 Å². The lowest BCUT2D eigenvalue weighted by Crippen LogP contribution is -2.23. The molecule has 0 aromatic carbocycles. The maximum Gasteiger partial charge on any atom is 0.141 e. The quantitative estimate of drug-likeness (QED) is 0.803. The third kappa shape index (κ3) is 4.30. The summed E-state index contributed by atoms with van der Waals surface area (Å²) in [6, 6.07) is 0.387. The van der Waals surface area contributed by atoms with Crippen LogP contribution in [-0.4, -0.2) is 21.3 Å². The molecule has 0 saturated heterocycles. The molecule has 4 heteroatoms. The van der Waals surface area contributed by atoms with Crippen molar-refractivity contribution in [2.24, 2.45) is 11.8 Å². The standard InChI is InChI=1S/C15H28N4/c1-12(2)19-15(17-11-18-19)10-16-8-7-14-6-4-5-13(3)9-14/h11-14,16H,4-10H2,1-3H3. The second kappa shape index (κ2) is 7.04. The second-order valence-electron chi connectivity index (χ2n) is 6.32. The smallest absolute Gasteiger partial charge is 0.141 e. The number of aromatic nitrogens is 3. The Morgan fingerprint density at radius 2 is 2.26 bits per heavy atom. The molecule has 108 valence electrons. The molecule has 1 saturated carbocycles. The van der Waals surface area contributed by atoms with Crippen molar-refractivity contribution in [3.63, 3.8) is 0 Å². The van der Waals surface area contributed by atoms with E-state index in [2.05, 4.69) is 36.2 Å². The Labute approximate surface area is 117 Å². The van der Waals surface area contributed by atoms with E-state index in [1.54, 1.807) is 6.33 Å². The van der Waals surface area contributed by atoms with Gasteiger partial charge < -0.3 is 5.32 Å². The Hall–Kier alpha value is -0.900. The SMILES string of the molecule is CC1CCCC(CCNCc2ncnn2C(C)C)C1. The third-order valence-electron chi connectivity index (χ3n) is 4.19. The molecule has 1 aliphatic rings. The van der Waals surface area contributed by atoms with Crippen molar-refractivity contribution in [2.45, 2.75) is 65.5 Å². The van der Waals surface area contributed by atoms with Crippen LogP contribution in [0.1, 0.15) is 64.7 Å². The van der Waals surface area contributed by atoms with Crippen molar-refractivity contribution < 1.29 is 0 Å². The molecule has 0 bridgehead atoms. The van der Waals surface area contributed by atoms with E-state index in [4.69, 9.17) is 0 Å². The minimum atomic E-state index is 0.387. The maximum atomic E-state index is 4.32. The molecule has 1 fully saturated rings. The third-order valence-corrected chi connectivity index (χ3v) is 4.19. The van der Waals surface area contributed by atoms with Crippen LogP contribution in [0.4, 0.5) is 0 Å². The monoisotopic (exact) mass is 264 g/mol. The van der Waals surface area contributed by atoms with Gasteiger partial charge in [-0.2, -0.15) is 5.10 Å². The van der Waals surface area contributed by atoms with Gasteiger partial charge in [0, 0.05) is 6.04 Å². The van der Waals surface area contributed by atoms with E-state index >= 15 is 0 Å². The first-order chi connectivity index (χ1) is 9.16. The van der Waals surface area contributed by atoms with Crippen molar-refractivity contribution in [3.8, 4) is 0 Å². The summed E-state index contributed by atoms with van der Waals surface area (Å²) in [5.41, 5.74) is 0. The van der Waals surface area contributed by atoms with Crippen molar-refractivity contribution in [3.05, 3.63) is 12.2 Å². The molecule has 0 spiro atoms. The molecule has 0 amide bonds. The van der Waals surface area contributed by atoms with Crippen molar-refractivity contribution in [1.82, 2.24) is 20.1 Å². The summed E-state index contributed by atoms with van der Waals surface area (Å²) in [5, 5.41) is 7.78. The highest BCUT2D eigenvalue weighted by Crippen LogP contribution is 2.30. The van der Waals surface area contributed by atoms with Gasteiger partial charge in [-0.15, -0.1) is 0 Å². The number of hydrogen-bond donors (Lipinski definition) is 1. The largest absolute Gasteiger partial charge is 0.310 e. The molecule has 1 aromatic heterocycles. The van der Waals surface area contributed by atoms with E-state index in [1.807, 2.05) is 4.68 Å². The Morgan fingerprint density at radius 1 is 1.42 bits per heavy atom. The van der Waals surface area contributed by atoms with Gasteiger partial charge in [-0.1, -0.05) is 26.2 Å². The van der Waals surface area contributed by atoms with E-state index in [1.165, 1.54) is 32.1 Å².